The Balaban J connectivity index is 4.04. The van der Waals surface area contributed by atoms with E-state index < -0.39 is 18.2 Å². The highest BCUT2D eigenvalue weighted by molar-refractivity contribution is 5.66. The van der Waals surface area contributed by atoms with Crippen molar-refractivity contribution in [2.75, 3.05) is 0 Å². The summed E-state index contributed by atoms with van der Waals surface area (Å²) in [5.41, 5.74) is 0. The van der Waals surface area contributed by atoms with Crippen molar-refractivity contribution in [2.24, 2.45) is 11.8 Å². The monoisotopic (exact) mass is 356 g/mol. The lowest BCUT2D eigenvalue weighted by molar-refractivity contribution is -0.137. The molecular weight excluding hydrogens is 316 g/mol. The quantitative estimate of drug-likeness (QED) is 0.271. The first-order chi connectivity index (χ1) is 11.9. The number of aliphatic carboxylic acids is 1. The Morgan fingerprint density at radius 3 is 2.08 bits per heavy atom. The molecule has 0 amide bonds. The average Bonchev–Trinajstić information content (AvgIpc) is 2.55. The van der Waals surface area contributed by atoms with E-state index in [0.717, 1.165) is 57.8 Å². The highest BCUT2D eigenvalue weighted by atomic mass is 16.4. The number of rotatable bonds is 16. The molecule has 0 aromatic rings. The Hall–Kier alpha value is -0.870. The van der Waals surface area contributed by atoms with Gasteiger partial charge in [0.05, 0.1) is 12.2 Å². The highest BCUT2D eigenvalue weighted by Gasteiger charge is 2.15. The van der Waals surface area contributed by atoms with Gasteiger partial charge in [-0.1, -0.05) is 77.9 Å². The molecule has 3 N–H and O–H groups in total. The van der Waals surface area contributed by atoms with Crippen molar-refractivity contribution < 1.29 is 20.1 Å². The van der Waals surface area contributed by atoms with Crippen LogP contribution in [0.15, 0.2) is 12.2 Å². The third-order valence-corrected chi connectivity index (χ3v) is 4.84. The molecule has 0 spiro atoms. The van der Waals surface area contributed by atoms with E-state index in [1.807, 2.05) is 0 Å². The van der Waals surface area contributed by atoms with Crippen molar-refractivity contribution in [1.82, 2.24) is 0 Å². The molecule has 0 fully saturated rings. The molecule has 25 heavy (non-hydrogen) atoms. The molecule has 0 saturated carbocycles. The fourth-order valence-electron chi connectivity index (χ4n) is 3.00. The van der Waals surface area contributed by atoms with E-state index in [4.69, 9.17) is 5.11 Å². The van der Waals surface area contributed by atoms with Crippen molar-refractivity contribution in [1.29, 1.82) is 0 Å². The topological polar surface area (TPSA) is 77.8 Å². The SMILES string of the molecule is CCCCC[C@H](O)[C@H](O)/C=C/C(CCCCCCCC(=O)O)C(C)C. The normalized spacial score (nSPS) is 15.6. The van der Waals surface area contributed by atoms with Crippen molar-refractivity contribution in [3.05, 3.63) is 12.2 Å². The van der Waals surface area contributed by atoms with Gasteiger partial charge >= 0.3 is 5.97 Å². The van der Waals surface area contributed by atoms with Gasteiger partial charge in [-0.2, -0.15) is 0 Å². The highest BCUT2D eigenvalue weighted by Crippen LogP contribution is 2.21. The van der Waals surface area contributed by atoms with Crippen LogP contribution in [-0.4, -0.2) is 33.5 Å². The van der Waals surface area contributed by atoms with Gasteiger partial charge in [-0.15, -0.1) is 0 Å². The van der Waals surface area contributed by atoms with Gasteiger partial charge in [-0.3, -0.25) is 4.79 Å². The zero-order chi connectivity index (χ0) is 19.1. The van der Waals surface area contributed by atoms with Gasteiger partial charge in [-0.05, 0) is 31.1 Å². The maximum atomic E-state index is 10.5. The lowest BCUT2D eigenvalue weighted by atomic mass is 9.89. The maximum absolute atomic E-state index is 10.5. The van der Waals surface area contributed by atoms with E-state index in [1.54, 1.807) is 6.08 Å². The van der Waals surface area contributed by atoms with Crippen LogP contribution in [0, 0.1) is 11.8 Å². The predicted octanol–water partition coefficient (Wildman–Crippen LogP) is 4.93. The number of carboxylic acids is 1. The molecule has 0 aliphatic rings. The van der Waals surface area contributed by atoms with Crippen LogP contribution in [0.4, 0.5) is 0 Å². The second-order valence-electron chi connectivity index (χ2n) is 7.55. The first kappa shape index (κ1) is 24.1. The number of hydrogen-bond acceptors (Lipinski definition) is 3. The van der Waals surface area contributed by atoms with Crippen molar-refractivity contribution in [2.45, 2.75) is 104 Å². The molecule has 148 valence electrons. The first-order valence-corrected chi connectivity index (χ1v) is 10.1. The minimum absolute atomic E-state index is 0.274. The van der Waals surface area contributed by atoms with Crippen LogP contribution in [0.5, 0.6) is 0 Å². The third kappa shape index (κ3) is 14.0. The molecule has 0 aliphatic carbocycles. The van der Waals surface area contributed by atoms with Crippen LogP contribution in [0.2, 0.25) is 0 Å². The lowest BCUT2D eigenvalue weighted by Crippen LogP contribution is -2.24. The van der Waals surface area contributed by atoms with Crippen LogP contribution in [0.25, 0.3) is 0 Å². The molecule has 0 heterocycles. The molecule has 0 radical (unpaired) electrons. The Morgan fingerprint density at radius 1 is 0.880 bits per heavy atom. The fourth-order valence-corrected chi connectivity index (χ4v) is 3.00. The first-order valence-electron chi connectivity index (χ1n) is 10.1. The van der Waals surface area contributed by atoms with Crippen molar-refractivity contribution in [3.63, 3.8) is 0 Å². The van der Waals surface area contributed by atoms with E-state index in [0.29, 0.717) is 18.3 Å². The molecular formula is C21H40O4. The second kappa shape index (κ2) is 15.4. The standard InChI is InChI=1S/C21H40O4/c1-4-5-9-13-19(22)20(23)16-15-18(17(2)3)12-10-7-6-8-11-14-21(24)25/h15-20,22-23H,4-14H2,1-3H3,(H,24,25)/b16-15+/t18?,19-,20+/m0/s1. The summed E-state index contributed by atoms with van der Waals surface area (Å²) in [5, 5.41) is 28.7. The maximum Gasteiger partial charge on any atom is 0.303 e. The van der Waals surface area contributed by atoms with Crippen LogP contribution >= 0.6 is 0 Å². The molecule has 4 nitrogen and oxygen atoms in total. The average molecular weight is 357 g/mol. The van der Waals surface area contributed by atoms with E-state index in [9.17, 15) is 15.0 Å². The number of hydrogen-bond donors (Lipinski definition) is 3. The molecule has 4 heteroatoms. The van der Waals surface area contributed by atoms with Gasteiger partial charge in [0, 0.05) is 6.42 Å². The number of aliphatic hydroxyl groups excluding tert-OH is 2. The summed E-state index contributed by atoms with van der Waals surface area (Å²) < 4.78 is 0. The number of unbranched alkanes of at least 4 members (excludes halogenated alkanes) is 6. The summed E-state index contributed by atoms with van der Waals surface area (Å²) in [6.07, 6.45) is 12.7. The van der Waals surface area contributed by atoms with Crippen molar-refractivity contribution in [3.8, 4) is 0 Å². The Kier molecular flexibility index (Phi) is 14.9. The Morgan fingerprint density at radius 2 is 1.48 bits per heavy atom. The van der Waals surface area contributed by atoms with Gasteiger partial charge < -0.3 is 15.3 Å². The van der Waals surface area contributed by atoms with E-state index in [2.05, 4.69) is 26.8 Å². The summed E-state index contributed by atoms with van der Waals surface area (Å²) in [4.78, 5) is 10.5. The summed E-state index contributed by atoms with van der Waals surface area (Å²) in [6, 6.07) is 0. The molecule has 0 aromatic carbocycles. The van der Waals surface area contributed by atoms with E-state index >= 15 is 0 Å². The molecule has 0 rings (SSSR count). The Labute approximate surface area is 154 Å². The van der Waals surface area contributed by atoms with Gasteiger partial charge in [0.25, 0.3) is 0 Å². The fraction of sp³-hybridized carbons (Fsp3) is 0.857. The van der Waals surface area contributed by atoms with Gasteiger partial charge in [0.2, 0.25) is 0 Å². The summed E-state index contributed by atoms with van der Waals surface area (Å²) in [7, 11) is 0. The van der Waals surface area contributed by atoms with Crippen LogP contribution in [-0.2, 0) is 4.79 Å². The molecule has 0 saturated heterocycles. The third-order valence-electron chi connectivity index (χ3n) is 4.84. The summed E-state index contributed by atoms with van der Waals surface area (Å²) >= 11 is 0. The predicted molar refractivity (Wildman–Crippen MR) is 104 cm³/mol. The van der Waals surface area contributed by atoms with Crippen molar-refractivity contribution >= 4 is 5.97 Å². The molecule has 0 bridgehead atoms. The molecule has 3 atom stereocenters. The number of carboxylic acid groups (broad SMARTS) is 1. The largest absolute Gasteiger partial charge is 0.481 e. The zero-order valence-corrected chi connectivity index (χ0v) is 16.5. The Bertz CT molecular complexity index is 352. The number of allylic oxidation sites excluding steroid dienone is 1. The zero-order valence-electron chi connectivity index (χ0n) is 16.5. The minimum Gasteiger partial charge on any atom is -0.481 e. The lowest BCUT2D eigenvalue weighted by Gasteiger charge is -2.19. The smallest absolute Gasteiger partial charge is 0.303 e. The van der Waals surface area contributed by atoms with Crippen LogP contribution in [0.1, 0.15) is 91.4 Å². The molecule has 0 aromatic heterocycles. The summed E-state index contributed by atoms with van der Waals surface area (Å²) in [6.45, 7) is 6.50. The summed E-state index contributed by atoms with van der Waals surface area (Å²) in [5.74, 6) is 0.213. The van der Waals surface area contributed by atoms with Gasteiger partial charge in [0.15, 0.2) is 0 Å². The van der Waals surface area contributed by atoms with E-state index in [1.165, 1.54) is 0 Å². The van der Waals surface area contributed by atoms with E-state index in [-0.39, 0.29) is 6.42 Å². The van der Waals surface area contributed by atoms with Gasteiger partial charge in [-0.25, -0.2) is 0 Å². The van der Waals surface area contributed by atoms with Crippen LogP contribution in [0.3, 0.4) is 0 Å². The second-order valence-corrected chi connectivity index (χ2v) is 7.55. The molecule has 0 aliphatic heterocycles. The van der Waals surface area contributed by atoms with Crippen LogP contribution < -0.4 is 0 Å². The number of aliphatic hydroxyl groups is 2. The molecule has 1 unspecified atom stereocenters. The number of carbonyl (C=O) groups is 1. The minimum atomic E-state index is -0.769. The van der Waals surface area contributed by atoms with Gasteiger partial charge in [0.1, 0.15) is 0 Å².